The number of thioether (sulfide) groups is 1. The van der Waals surface area contributed by atoms with Crippen molar-refractivity contribution >= 4 is 51.4 Å². The highest BCUT2D eigenvalue weighted by Gasteiger charge is 2.12. The summed E-state index contributed by atoms with van der Waals surface area (Å²) in [6.07, 6.45) is 1.56. The van der Waals surface area contributed by atoms with Crippen molar-refractivity contribution < 1.29 is 14.3 Å². The molecular weight excluding hydrogens is 584 g/mol. The number of methoxy groups -OCH3 is 1. The minimum absolute atomic E-state index is 0.279. The normalized spacial score (nSPS) is 10.9. The lowest BCUT2D eigenvalue weighted by atomic mass is 10.1. The first-order valence-corrected chi connectivity index (χ1v) is 14.1. The molecule has 0 atom stereocenters. The van der Waals surface area contributed by atoms with Gasteiger partial charge in [0.2, 0.25) is 0 Å². The average molecular weight is 610 g/mol. The van der Waals surface area contributed by atoms with Gasteiger partial charge in [0, 0.05) is 22.1 Å². The maximum Gasteiger partial charge on any atom is 0.271 e. The van der Waals surface area contributed by atoms with E-state index in [0.717, 1.165) is 22.6 Å². The Hall–Kier alpha value is -3.26. The third-order valence-corrected chi connectivity index (χ3v) is 7.44. The molecule has 0 spiro atoms. The highest BCUT2D eigenvalue weighted by atomic mass is 79.9. The van der Waals surface area contributed by atoms with Gasteiger partial charge in [-0.2, -0.15) is 16.9 Å². The second-order valence-corrected chi connectivity index (χ2v) is 10.6. The van der Waals surface area contributed by atoms with E-state index in [1.165, 1.54) is 11.1 Å². The van der Waals surface area contributed by atoms with E-state index in [2.05, 4.69) is 50.7 Å². The lowest BCUT2D eigenvalue weighted by molar-refractivity contribution is 0.0955. The molecule has 4 rings (SSSR count). The van der Waals surface area contributed by atoms with Crippen LogP contribution in [-0.4, -0.2) is 19.2 Å². The summed E-state index contributed by atoms with van der Waals surface area (Å²) in [6.45, 7) is 0.361. The van der Waals surface area contributed by atoms with Gasteiger partial charge in [0.25, 0.3) is 5.91 Å². The maximum absolute atomic E-state index is 12.5. The number of nitrogens with one attached hydrogen (secondary N) is 1. The first-order valence-electron chi connectivity index (χ1n) is 11.8. The molecule has 4 aromatic carbocycles. The predicted octanol–water partition coefficient (Wildman–Crippen LogP) is 7.89. The summed E-state index contributed by atoms with van der Waals surface area (Å²) in [5.74, 6) is 2.67. The maximum atomic E-state index is 12.5. The molecule has 5 nitrogen and oxygen atoms in total. The van der Waals surface area contributed by atoms with Gasteiger partial charge in [-0.3, -0.25) is 4.79 Å². The van der Waals surface area contributed by atoms with Crippen molar-refractivity contribution in [1.29, 1.82) is 0 Å². The van der Waals surface area contributed by atoms with Crippen molar-refractivity contribution in [3.8, 4) is 11.5 Å². The number of hydrogen-bond acceptors (Lipinski definition) is 5. The molecule has 0 heterocycles. The van der Waals surface area contributed by atoms with Crippen LogP contribution in [0.1, 0.15) is 32.6 Å². The highest BCUT2D eigenvalue weighted by molar-refractivity contribution is 9.10. The Bertz CT molecular complexity index is 1380. The number of amides is 1. The van der Waals surface area contributed by atoms with Crippen LogP contribution in [0.3, 0.4) is 0 Å². The van der Waals surface area contributed by atoms with E-state index in [-0.39, 0.29) is 5.91 Å². The van der Waals surface area contributed by atoms with Gasteiger partial charge in [-0.05, 0) is 74.6 Å². The molecule has 38 heavy (non-hydrogen) atoms. The smallest absolute Gasteiger partial charge is 0.271 e. The molecule has 1 N–H and O–H groups in total. The van der Waals surface area contributed by atoms with Crippen LogP contribution >= 0.6 is 39.3 Å². The number of hydrogen-bond donors (Lipinski definition) is 1. The fraction of sp³-hybridized carbons (Fsp3) is 0.133. The summed E-state index contributed by atoms with van der Waals surface area (Å²) in [5.41, 5.74) is 7.31. The zero-order valence-corrected chi connectivity index (χ0v) is 23.9. The molecule has 0 saturated carbocycles. The van der Waals surface area contributed by atoms with E-state index in [1.54, 1.807) is 19.4 Å². The molecule has 0 saturated heterocycles. The summed E-state index contributed by atoms with van der Waals surface area (Å²) in [7, 11) is 1.57. The fourth-order valence-corrected chi connectivity index (χ4v) is 5.19. The fourth-order valence-electron chi connectivity index (χ4n) is 3.53. The molecule has 194 valence electrons. The SMILES string of the molecule is COc1cc(/C=N\NC(=O)c2ccc(CSCc3ccccc3)cc2)cc(Br)c1OCc1ccc(Cl)cc1. The van der Waals surface area contributed by atoms with Gasteiger partial charge < -0.3 is 9.47 Å². The van der Waals surface area contributed by atoms with E-state index in [1.807, 2.05) is 72.4 Å². The molecule has 4 aromatic rings. The van der Waals surface area contributed by atoms with Gasteiger partial charge in [0.1, 0.15) is 6.61 Å². The van der Waals surface area contributed by atoms with Crippen LogP contribution in [0.15, 0.2) is 101 Å². The lowest BCUT2D eigenvalue weighted by Crippen LogP contribution is -2.17. The van der Waals surface area contributed by atoms with Gasteiger partial charge in [0.05, 0.1) is 17.8 Å². The molecule has 0 aromatic heterocycles. The second kappa shape index (κ2) is 14.0. The second-order valence-electron chi connectivity index (χ2n) is 8.32. The number of benzene rings is 4. The number of ether oxygens (including phenoxy) is 2. The molecule has 0 radical (unpaired) electrons. The number of halogens is 2. The number of rotatable bonds is 11. The van der Waals surface area contributed by atoms with Crippen molar-refractivity contribution in [2.75, 3.05) is 7.11 Å². The molecule has 0 aliphatic carbocycles. The van der Waals surface area contributed by atoms with Gasteiger partial charge in [0.15, 0.2) is 11.5 Å². The monoisotopic (exact) mass is 608 g/mol. The summed E-state index contributed by atoms with van der Waals surface area (Å²) in [5, 5.41) is 4.79. The van der Waals surface area contributed by atoms with Gasteiger partial charge in [-0.15, -0.1) is 0 Å². The molecule has 0 fully saturated rings. The zero-order chi connectivity index (χ0) is 26.7. The average Bonchev–Trinajstić information content (AvgIpc) is 2.94. The number of carbonyl (C=O) groups is 1. The predicted molar refractivity (Wildman–Crippen MR) is 159 cm³/mol. The largest absolute Gasteiger partial charge is 0.493 e. The standard InChI is InChI=1S/C30H26BrClN2O3S/c1-36-28-16-24(15-27(31)29(28)37-18-21-9-13-26(32)14-10-21)17-33-34-30(35)25-11-7-23(8-12-25)20-38-19-22-5-3-2-4-6-22/h2-17H,18-20H2,1H3,(H,34,35)/b33-17-. The molecule has 0 unspecified atom stereocenters. The van der Waals surface area contributed by atoms with Crippen LogP contribution in [0.2, 0.25) is 5.02 Å². The number of hydrazone groups is 1. The highest BCUT2D eigenvalue weighted by Crippen LogP contribution is 2.37. The Morgan fingerprint density at radius 2 is 1.61 bits per heavy atom. The minimum atomic E-state index is -0.279. The first-order chi connectivity index (χ1) is 18.5. The van der Waals surface area contributed by atoms with Gasteiger partial charge >= 0.3 is 0 Å². The van der Waals surface area contributed by atoms with E-state index < -0.39 is 0 Å². The van der Waals surface area contributed by atoms with E-state index in [9.17, 15) is 4.79 Å². The zero-order valence-electron chi connectivity index (χ0n) is 20.7. The Kier molecular flexibility index (Phi) is 10.3. The van der Waals surface area contributed by atoms with Crippen molar-refractivity contribution in [3.63, 3.8) is 0 Å². The van der Waals surface area contributed by atoms with E-state index >= 15 is 0 Å². The summed E-state index contributed by atoms with van der Waals surface area (Å²) in [6, 6.07) is 29.0. The quantitative estimate of drug-likeness (QED) is 0.139. The van der Waals surface area contributed by atoms with E-state index in [4.69, 9.17) is 21.1 Å². The molecule has 8 heteroatoms. The van der Waals surface area contributed by atoms with Crippen LogP contribution < -0.4 is 14.9 Å². The van der Waals surface area contributed by atoms with Crippen molar-refractivity contribution in [1.82, 2.24) is 5.43 Å². The van der Waals surface area contributed by atoms with Gasteiger partial charge in [-0.1, -0.05) is 66.2 Å². The molecule has 0 bridgehead atoms. The van der Waals surface area contributed by atoms with Gasteiger partial charge in [-0.25, -0.2) is 5.43 Å². The third-order valence-electron chi connectivity index (χ3n) is 5.52. The number of nitrogens with zero attached hydrogens (tertiary/aromatic N) is 1. The van der Waals surface area contributed by atoms with E-state index in [0.29, 0.717) is 33.2 Å². The Morgan fingerprint density at radius 3 is 2.29 bits per heavy atom. The molecular formula is C30H26BrClN2O3S. The van der Waals surface area contributed by atoms with Crippen molar-refractivity contribution in [2.24, 2.45) is 5.10 Å². The number of carbonyl (C=O) groups excluding carboxylic acids is 1. The van der Waals surface area contributed by atoms with Crippen LogP contribution in [0.5, 0.6) is 11.5 Å². The summed E-state index contributed by atoms with van der Waals surface area (Å²) >= 11 is 11.3. The summed E-state index contributed by atoms with van der Waals surface area (Å²) < 4.78 is 12.2. The molecule has 0 aliphatic heterocycles. The Morgan fingerprint density at radius 1 is 0.947 bits per heavy atom. The van der Waals surface area contributed by atoms with Crippen LogP contribution in [-0.2, 0) is 18.1 Å². The van der Waals surface area contributed by atoms with Crippen molar-refractivity contribution in [2.45, 2.75) is 18.1 Å². The molecule has 0 aliphatic rings. The Labute approximate surface area is 240 Å². The first kappa shape index (κ1) is 27.8. The third kappa shape index (κ3) is 8.12. The Balaban J connectivity index is 1.30. The lowest BCUT2D eigenvalue weighted by Gasteiger charge is -2.13. The minimum Gasteiger partial charge on any atom is -0.493 e. The van der Waals surface area contributed by atoms with Crippen LogP contribution in [0.25, 0.3) is 0 Å². The summed E-state index contributed by atoms with van der Waals surface area (Å²) in [4.78, 5) is 12.5. The topological polar surface area (TPSA) is 59.9 Å². The van der Waals surface area contributed by atoms with Crippen LogP contribution in [0, 0.1) is 0 Å². The van der Waals surface area contributed by atoms with Crippen molar-refractivity contribution in [3.05, 3.63) is 128 Å². The molecule has 1 amide bonds. The van der Waals surface area contributed by atoms with Crippen LogP contribution in [0.4, 0.5) is 0 Å².